The van der Waals surface area contributed by atoms with E-state index < -0.39 is 20.7 Å². The van der Waals surface area contributed by atoms with Crippen molar-refractivity contribution >= 4 is 15.8 Å². The Hall–Kier alpha value is -2.82. The summed E-state index contributed by atoms with van der Waals surface area (Å²) >= 11 is 0. The van der Waals surface area contributed by atoms with Crippen LogP contribution in [0.15, 0.2) is 59.5 Å². The van der Waals surface area contributed by atoms with Crippen molar-refractivity contribution in [1.29, 1.82) is 0 Å². The smallest absolute Gasteiger partial charge is 0.340 e. The Balaban J connectivity index is 1.94. The summed E-state index contributed by atoms with van der Waals surface area (Å²) in [6, 6.07) is 14.8. The van der Waals surface area contributed by atoms with Crippen molar-refractivity contribution in [1.82, 2.24) is 4.90 Å². The number of benzene rings is 2. The predicted octanol–water partition coefficient (Wildman–Crippen LogP) is 2.76. The first-order valence-electron chi connectivity index (χ1n) is 8.41. The second-order valence-electron chi connectivity index (χ2n) is 6.21. The van der Waals surface area contributed by atoms with E-state index in [-0.39, 0.29) is 17.9 Å². The first-order valence-corrected chi connectivity index (χ1v) is 9.89. The first-order chi connectivity index (χ1) is 12.9. The summed E-state index contributed by atoms with van der Waals surface area (Å²) in [6.45, 7) is 0.283. The van der Waals surface area contributed by atoms with Crippen LogP contribution in [0.4, 0.5) is 0 Å². The molecule has 0 aliphatic carbocycles. The molecule has 1 N–H and O–H groups in total. The summed E-state index contributed by atoms with van der Waals surface area (Å²) in [5.41, 5.74) is 0. The van der Waals surface area contributed by atoms with Crippen molar-refractivity contribution in [2.24, 2.45) is 0 Å². The van der Waals surface area contributed by atoms with E-state index in [9.17, 15) is 18.3 Å². The molecule has 2 aromatic rings. The number of carboxylic acids is 1. The quantitative estimate of drug-likeness (QED) is 0.770. The van der Waals surface area contributed by atoms with Crippen molar-refractivity contribution in [3.63, 3.8) is 0 Å². The number of carbonyl (C=O) groups is 1. The summed E-state index contributed by atoms with van der Waals surface area (Å²) in [5.74, 6) is 2.03. The zero-order valence-electron chi connectivity index (χ0n) is 14.5. The molecule has 7 heteroatoms. The third-order valence-corrected chi connectivity index (χ3v) is 7.05. The van der Waals surface area contributed by atoms with Crippen LogP contribution >= 0.6 is 0 Å². The highest BCUT2D eigenvalue weighted by Gasteiger charge is 2.58. The standard InChI is InChI=1S/C20H19NO5S/c1-2-14-21-15-6-13-20(21,19(22)23)27(24,25)18-11-9-17(10-12-18)26-16-7-4-3-5-8-16/h1,3-5,7-12H,6,13-15H2,(H,22,23). The number of rotatable bonds is 6. The molecule has 3 rings (SSSR count). The van der Waals surface area contributed by atoms with Crippen LogP contribution in [0.5, 0.6) is 11.5 Å². The van der Waals surface area contributed by atoms with Crippen LogP contribution in [0, 0.1) is 12.3 Å². The Labute approximate surface area is 158 Å². The second-order valence-corrected chi connectivity index (χ2v) is 8.36. The molecule has 2 aromatic carbocycles. The fourth-order valence-electron chi connectivity index (χ4n) is 3.33. The van der Waals surface area contributed by atoms with Gasteiger partial charge in [0, 0.05) is 6.54 Å². The minimum Gasteiger partial charge on any atom is -0.479 e. The zero-order chi connectivity index (χ0) is 19.5. The maximum Gasteiger partial charge on any atom is 0.340 e. The molecule has 1 atom stereocenters. The van der Waals surface area contributed by atoms with Crippen molar-refractivity contribution < 1.29 is 23.1 Å². The predicted molar refractivity (Wildman–Crippen MR) is 100 cm³/mol. The van der Waals surface area contributed by atoms with Crippen molar-refractivity contribution in [2.45, 2.75) is 22.6 Å². The van der Waals surface area contributed by atoms with E-state index in [1.165, 1.54) is 29.2 Å². The molecule has 1 fully saturated rings. The molecule has 6 nitrogen and oxygen atoms in total. The molecular formula is C20H19NO5S. The number of sulfone groups is 1. The summed E-state index contributed by atoms with van der Waals surface area (Å²) in [6.07, 6.45) is 5.75. The number of aliphatic carboxylic acids is 1. The topological polar surface area (TPSA) is 83.9 Å². The Bertz CT molecular complexity index is 964. The molecule has 0 spiro atoms. The lowest BCUT2D eigenvalue weighted by atomic mass is 10.2. The molecule has 1 aliphatic heterocycles. The summed E-state index contributed by atoms with van der Waals surface area (Å²) in [4.78, 5) is 11.3. The molecule has 0 saturated carbocycles. The largest absolute Gasteiger partial charge is 0.479 e. The van der Waals surface area contributed by atoms with Gasteiger partial charge in [0.1, 0.15) is 11.5 Å². The van der Waals surface area contributed by atoms with Gasteiger partial charge in [0.15, 0.2) is 0 Å². The molecule has 1 heterocycles. The molecular weight excluding hydrogens is 366 g/mol. The van der Waals surface area contributed by atoms with E-state index in [0.717, 1.165) is 0 Å². The maximum absolute atomic E-state index is 13.2. The van der Waals surface area contributed by atoms with E-state index in [1.807, 2.05) is 18.2 Å². The number of para-hydroxylation sites is 1. The van der Waals surface area contributed by atoms with Crippen LogP contribution in [0.25, 0.3) is 0 Å². The molecule has 0 aromatic heterocycles. The molecule has 27 heavy (non-hydrogen) atoms. The SMILES string of the molecule is C#CCN1CCCC1(C(=O)O)S(=O)(=O)c1ccc(Oc2ccccc2)cc1. The number of likely N-dealkylation sites (tertiary alicyclic amines) is 1. The van der Waals surface area contributed by atoms with Gasteiger partial charge in [0.2, 0.25) is 14.7 Å². The number of terminal acetylenes is 1. The minimum absolute atomic E-state index is 0.00534. The average Bonchev–Trinajstić information content (AvgIpc) is 3.09. The molecule has 1 saturated heterocycles. The molecule has 0 amide bonds. The van der Waals surface area contributed by atoms with Gasteiger partial charge in [0.05, 0.1) is 11.4 Å². The van der Waals surface area contributed by atoms with Gasteiger partial charge in [0.25, 0.3) is 0 Å². The Kier molecular flexibility index (Phi) is 5.22. The third kappa shape index (κ3) is 3.29. The summed E-state index contributed by atoms with van der Waals surface area (Å²) < 4.78 is 32.1. The number of hydrogen-bond acceptors (Lipinski definition) is 5. The van der Waals surface area contributed by atoms with Gasteiger partial charge in [-0.25, -0.2) is 13.2 Å². The van der Waals surface area contributed by atoms with E-state index in [0.29, 0.717) is 24.5 Å². The zero-order valence-corrected chi connectivity index (χ0v) is 15.4. The lowest BCUT2D eigenvalue weighted by Gasteiger charge is -2.32. The highest BCUT2D eigenvalue weighted by molar-refractivity contribution is 7.93. The maximum atomic E-state index is 13.2. The van der Waals surface area contributed by atoms with Crippen molar-refractivity contribution in [2.75, 3.05) is 13.1 Å². The molecule has 0 bridgehead atoms. The van der Waals surface area contributed by atoms with E-state index in [4.69, 9.17) is 11.2 Å². The lowest BCUT2D eigenvalue weighted by molar-refractivity contribution is -0.144. The summed E-state index contributed by atoms with van der Waals surface area (Å²) in [5, 5.41) is 9.79. The van der Waals surface area contributed by atoms with Gasteiger partial charge >= 0.3 is 5.97 Å². The van der Waals surface area contributed by atoms with Crippen LogP contribution in [0.2, 0.25) is 0 Å². The van der Waals surface area contributed by atoms with Crippen molar-refractivity contribution in [3.05, 3.63) is 54.6 Å². The Morgan fingerprint density at radius 3 is 2.37 bits per heavy atom. The first kappa shape index (κ1) is 19.0. The van der Waals surface area contributed by atoms with E-state index in [1.54, 1.807) is 12.1 Å². The van der Waals surface area contributed by atoms with Crippen molar-refractivity contribution in [3.8, 4) is 23.8 Å². The van der Waals surface area contributed by atoms with Gasteiger partial charge in [-0.3, -0.25) is 4.90 Å². The third-order valence-electron chi connectivity index (χ3n) is 4.63. The van der Waals surface area contributed by atoms with Crippen LogP contribution in [0.1, 0.15) is 12.8 Å². The van der Waals surface area contributed by atoms with Crippen LogP contribution < -0.4 is 4.74 Å². The Morgan fingerprint density at radius 1 is 1.15 bits per heavy atom. The average molecular weight is 385 g/mol. The molecule has 1 aliphatic rings. The highest BCUT2D eigenvalue weighted by atomic mass is 32.2. The number of carboxylic acid groups (broad SMARTS) is 1. The van der Waals surface area contributed by atoms with E-state index >= 15 is 0 Å². The second kappa shape index (κ2) is 7.43. The molecule has 140 valence electrons. The van der Waals surface area contributed by atoms with Gasteiger partial charge in [-0.2, -0.15) is 0 Å². The monoisotopic (exact) mass is 385 g/mol. The molecule has 0 radical (unpaired) electrons. The van der Waals surface area contributed by atoms with E-state index in [2.05, 4.69) is 5.92 Å². The van der Waals surface area contributed by atoms with Crippen LogP contribution in [-0.4, -0.2) is 42.4 Å². The van der Waals surface area contributed by atoms with Gasteiger partial charge in [-0.05, 0) is 49.2 Å². The fraction of sp³-hybridized carbons (Fsp3) is 0.250. The normalized spacial score (nSPS) is 20.1. The van der Waals surface area contributed by atoms with Gasteiger partial charge in [-0.15, -0.1) is 6.42 Å². The fourth-order valence-corrected chi connectivity index (χ4v) is 5.36. The van der Waals surface area contributed by atoms with Crippen LogP contribution in [-0.2, 0) is 14.6 Å². The summed E-state index contributed by atoms with van der Waals surface area (Å²) in [7, 11) is -4.19. The minimum atomic E-state index is -4.19. The highest BCUT2D eigenvalue weighted by Crippen LogP contribution is 2.39. The Morgan fingerprint density at radius 2 is 1.78 bits per heavy atom. The number of ether oxygens (including phenoxy) is 1. The molecule has 1 unspecified atom stereocenters. The lowest BCUT2D eigenvalue weighted by Crippen LogP contribution is -2.56. The van der Waals surface area contributed by atoms with Crippen LogP contribution in [0.3, 0.4) is 0 Å². The number of nitrogens with zero attached hydrogens (tertiary/aromatic N) is 1. The van der Waals surface area contributed by atoms with Gasteiger partial charge in [-0.1, -0.05) is 24.1 Å². The number of hydrogen-bond donors (Lipinski definition) is 1. The van der Waals surface area contributed by atoms with Gasteiger partial charge < -0.3 is 9.84 Å².